The molecule has 57 heavy (non-hydrogen) atoms. The zero-order chi connectivity index (χ0) is 38.0. The molecule has 8 bridgehead atoms. The van der Waals surface area contributed by atoms with Crippen LogP contribution in [0.5, 0.6) is 0 Å². The van der Waals surface area contributed by atoms with E-state index in [9.17, 15) is 0 Å². The van der Waals surface area contributed by atoms with Crippen molar-refractivity contribution in [3.8, 4) is 0 Å². The molecule has 1 aliphatic carbocycles. The Morgan fingerprint density at radius 2 is 1.11 bits per heavy atom. The molecule has 6 heteroatoms. The molecular formula is C51H44N6+2. The number of hydrogen-bond donors (Lipinski definition) is 2. The van der Waals surface area contributed by atoms with Crippen LogP contribution in [-0.4, -0.2) is 19.9 Å². The molecule has 2 N–H and O–H groups in total. The lowest BCUT2D eigenvalue weighted by atomic mass is 9.89. The number of pyridine rings is 2. The van der Waals surface area contributed by atoms with Gasteiger partial charge in [-0.3, -0.25) is 0 Å². The van der Waals surface area contributed by atoms with Gasteiger partial charge >= 0.3 is 0 Å². The van der Waals surface area contributed by atoms with Crippen LogP contribution in [0.4, 0.5) is 0 Å². The van der Waals surface area contributed by atoms with Gasteiger partial charge < -0.3 is 9.97 Å². The Bertz CT molecular complexity index is 2830. The average molecular weight is 741 g/mol. The lowest BCUT2D eigenvalue weighted by molar-refractivity contribution is -0.753. The van der Waals surface area contributed by atoms with Crippen LogP contribution in [0.15, 0.2) is 152 Å². The third-order valence-electron chi connectivity index (χ3n) is 11.4. The zero-order valence-electron chi connectivity index (χ0n) is 31.8. The maximum absolute atomic E-state index is 4.97. The first kappa shape index (κ1) is 34.6. The number of rotatable bonds is 7. The van der Waals surface area contributed by atoms with E-state index in [-0.39, 0.29) is 0 Å². The predicted molar refractivity (Wildman–Crippen MR) is 231 cm³/mol. The fourth-order valence-corrected chi connectivity index (χ4v) is 8.66. The monoisotopic (exact) mass is 740 g/mol. The van der Waals surface area contributed by atoms with Crippen molar-refractivity contribution >= 4 is 58.0 Å². The molecule has 1 fully saturated rings. The molecule has 6 nitrogen and oxygen atoms in total. The second-order valence-electron chi connectivity index (χ2n) is 15.3. The molecule has 0 atom stereocenters. The van der Waals surface area contributed by atoms with Gasteiger partial charge in [0.25, 0.3) is 0 Å². The Hall–Kier alpha value is -6.92. The Balaban J connectivity index is 1.04. The maximum atomic E-state index is 4.97. The molecule has 2 aliphatic heterocycles. The van der Waals surface area contributed by atoms with E-state index in [1.54, 1.807) is 0 Å². The van der Waals surface area contributed by atoms with Gasteiger partial charge in [0, 0.05) is 77.6 Å². The molecule has 276 valence electrons. The number of fused-ring (bicyclic) bond motifs is 8. The van der Waals surface area contributed by atoms with Crippen molar-refractivity contribution in [3.05, 3.63) is 203 Å². The number of nitrogens with one attached hydrogen (secondary N) is 2. The van der Waals surface area contributed by atoms with E-state index >= 15 is 0 Å². The predicted octanol–water partition coefficient (Wildman–Crippen LogP) is 10.8. The largest absolute Gasteiger partial charge is 0.355 e. The smallest absolute Gasteiger partial charge is 0.213 e. The highest BCUT2D eigenvalue weighted by Gasteiger charge is 2.35. The number of nitrogens with zero attached hydrogens (tertiary/aromatic N) is 4. The van der Waals surface area contributed by atoms with E-state index in [4.69, 9.17) is 9.97 Å². The molecule has 0 amide bonds. The number of aromatic amines is 2. The summed E-state index contributed by atoms with van der Waals surface area (Å²) >= 11 is 0. The zero-order valence-corrected chi connectivity index (χ0v) is 31.8. The molecule has 0 spiro atoms. The standard InChI is InChI=1S/C51H43N6/c1-3-11-36(12-4-1)29-48-15-7-9-27-56(48)46-23-25-47(26-24-46)57-28-10-8-16-51(57)49(37-13-5-2-6-14-37)31-38-30-45-34-43-20-19-41(53-43)32-39-17-18-40(52-39)33-42-21-22-44(54-42)35-50(38)55-45/h1-22,27-28,30-35,46-47H,23-26,29H2,(H,52,53,54,55)/q+1/p+1. The third kappa shape index (κ3) is 7.54. The van der Waals surface area contributed by atoms with E-state index in [0.29, 0.717) is 12.1 Å². The first-order chi connectivity index (χ1) is 28.2. The summed E-state index contributed by atoms with van der Waals surface area (Å²) < 4.78 is 5.09. The highest BCUT2D eigenvalue weighted by Crippen LogP contribution is 2.33. The molecule has 7 aromatic rings. The minimum absolute atomic E-state index is 0.392. The summed E-state index contributed by atoms with van der Waals surface area (Å²) in [6.07, 6.45) is 20.7. The maximum Gasteiger partial charge on any atom is 0.213 e. The molecule has 10 rings (SSSR count). The Kier molecular flexibility index (Phi) is 9.28. The van der Waals surface area contributed by atoms with Gasteiger partial charge in [0.1, 0.15) is 0 Å². The topological polar surface area (TPSA) is 65.1 Å². The molecule has 0 radical (unpaired) electrons. The first-order valence-corrected chi connectivity index (χ1v) is 20.1. The van der Waals surface area contributed by atoms with Gasteiger partial charge in [-0.15, -0.1) is 0 Å². The van der Waals surface area contributed by atoms with Crippen molar-refractivity contribution in [1.82, 2.24) is 19.9 Å². The summed E-state index contributed by atoms with van der Waals surface area (Å²) in [4.78, 5) is 17.1. The van der Waals surface area contributed by atoms with Crippen LogP contribution in [0.1, 0.15) is 88.6 Å². The van der Waals surface area contributed by atoms with Gasteiger partial charge in [-0.05, 0) is 90.0 Å². The number of aromatic nitrogens is 6. The lowest BCUT2D eigenvalue weighted by Crippen LogP contribution is -2.49. The van der Waals surface area contributed by atoms with Crippen LogP contribution in [0.3, 0.4) is 0 Å². The van der Waals surface area contributed by atoms with Crippen LogP contribution < -0.4 is 9.13 Å². The van der Waals surface area contributed by atoms with Crippen LogP contribution in [-0.2, 0) is 6.42 Å². The molecule has 2 aromatic carbocycles. The number of H-pyrrole nitrogens is 2. The minimum Gasteiger partial charge on any atom is -0.355 e. The Morgan fingerprint density at radius 3 is 1.79 bits per heavy atom. The van der Waals surface area contributed by atoms with E-state index in [0.717, 1.165) is 82.5 Å². The molecular weight excluding hydrogens is 697 g/mol. The summed E-state index contributed by atoms with van der Waals surface area (Å²) in [5, 5.41) is 0. The van der Waals surface area contributed by atoms with E-state index in [2.05, 4.69) is 201 Å². The Morgan fingerprint density at radius 1 is 0.544 bits per heavy atom. The highest BCUT2D eigenvalue weighted by molar-refractivity contribution is 5.94. The van der Waals surface area contributed by atoms with Gasteiger partial charge in [0.05, 0.1) is 34.8 Å². The second kappa shape index (κ2) is 15.3. The van der Waals surface area contributed by atoms with Gasteiger partial charge in [-0.25, -0.2) is 9.97 Å². The van der Waals surface area contributed by atoms with Crippen molar-refractivity contribution in [2.45, 2.75) is 44.2 Å². The number of hydrogen-bond acceptors (Lipinski definition) is 2. The van der Waals surface area contributed by atoms with Gasteiger partial charge in [-0.2, -0.15) is 9.13 Å². The van der Waals surface area contributed by atoms with E-state index < -0.39 is 0 Å². The third-order valence-corrected chi connectivity index (χ3v) is 11.4. The first-order valence-electron chi connectivity index (χ1n) is 20.1. The molecule has 5 aromatic heterocycles. The van der Waals surface area contributed by atoms with Gasteiger partial charge in [0.2, 0.25) is 5.69 Å². The lowest BCUT2D eigenvalue weighted by Gasteiger charge is -2.24. The average Bonchev–Trinajstić information content (AvgIpc) is 4.08. The fraction of sp³-hybridized carbons (Fsp3) is 0.137. The summed E-state index contributed by atoms with van der Waals surface area (Å²) in [6, 6.07) is 50.6. The number of benzene rings is 2. The molecule has 1 saturated carbocycles. The normalized spacial score (nSPS) is 16.5. The summed E-state index contributed by atoms with van der Waals surface area (Å²) in [6.45, 7) is 0. The Labute approximate surface area is 332 Å². The van der Waals surface area contributed by atoms with Gasteiger partial charge in [0.15, 0.2) is 30.2 Å². The van der Waals surface area contributed by atoms with E-state index in [1.165, 1.54) is 28.1 Å². The summed E-state index contributed by atoms with van der Waals surface area (Å²) in [7, 11) is 0. The SMILES string of the molecule is C1=Cc2cc3cc(/C=C(\c4ccccc4)c4cccc[n+]4C4CCC([n+]5ccccc5Cc5ccccc5)CC4)c(cc4nc(cc5ccc(cc1n2)[nH]5)C=C4)[nH]3. The van der Waals surface area contributed by atoms with Gasteiger partial charge in [-0.1, -0.05) is 66.7 Å². The molecule has 7 heterocycles. The second-order valence-corrected chi connectivity index (χ2v) is 15.3. The molecule has 3 aliphatic rings. The van der Waals surface area contributed by atoms with Crippen LogP contribution in [0.2, 0.25) is 0 Å². The van der Waals surface area contributed by atoms with Crippen molar-refractivity contribution in [2.75, 3.05) is 0 Å². The highest BCUT2D eigenvalue weighted by atomic mass is 15.0. The summed E-state index contributed by atoms with van der Waals surface area (Å²) in [5.41, 5.74) is 15.0. The minimum atomic E-state index is 0.392. The van der Waals surface area contributed by atoms with Crippen molar-refractivity contribution in [3.63, 3.8) is 0 Å². The van der Waals surface area contributed by atoms with Crippen LogP contribution >= 0.6 is 0 Å². The van der Waals surface area contributed by atoms with Crippen LogP contribution in [0.25, 0.3) is 58.0 Å². The van der Waals surface area contributed by atoms with Crippen molar-refractivity contribution < 1.29 is 9.13 Å². The van der Waals surface area contributed by atoms with Crippen molar-refractivity contribution in [2.24, 2.45) is 0 Å². The summed E-state index contributed by atoms with van der Waals surface area (Å²) in [5.74, 6) is 0. The molecule has 0 unspecified atom stereocenters. The quantitative estimate of drug-likeness (QED) is 0.160. The van der Waals surface area contributed by atoms with E-state index in [1.807, 2.05) is 0 Å². The van der Waals surface area contributed by atoms with Crippen molar-refractivity contribution in [1.29, 1.82) is 0 Å². The molecule has 0 saturated heterocycles. The van der Waals surface area contributed by atoms with Crippen LogP contribution in [0, 0.1) is 0 Å². The fourth-order valence-electron chi connectivity index (χ4n) is 8.66.